The van der Waals surface area contributed by atoms with Crippen molar-refractivity contribution in [2.45, 2.75) is 12.5 Å². The number of benzene rings is 3. The van der Waals surface area contributed by atoms with Crippen LogP contribution >= 0.6 is 0 Å². The lowest BCUT2D eigenvalue weighted by Crippen LogP contribution is -2.31. The lowest BCUT2D eigenvalue weighted by atomic mass is 9.95. The topological polar surface area (TPSA) is 76.1 Å². The maximum Gasteiger partial charge on any atom is 0.295 e. The first-order chi connectivity index (χ1) is 16.5. The molecule has 5 rings (SSSR count). The van der Waals surface area contributed by atoms with Crippen LogP contribution in [0.5, 0.6) is 11.5 Å². The fourth-order valence-corrected chi connectivity index (χ4v) is 4.34. The molecule has 0 aromatic heterocycles. The first kappa shape index (κ1) is 21.7. The van der Waals surface area contributed by atoms with Gasteiger partial charge in [-0.05, 0) is 47.9 Å². The highest BCUT2D eigenvalue weighted by molar-refractivity contribution is 6.46. The minimum absolute atomic E-state index is 0.0404. The van der Waals surface area contributed by atoms with Crippen LogP contribution < -0.4 is 9.47 Å². The highest BCUT2D eigenvalue weighted by atomic mass is 19.1. The number of hydrogen-bond acceptors (Lipinski definition) is 5. The van der Waals surface area contributed by atoms with Crippen molar-refractivity contribution in [3.63, 3.8) is 0 Å². The molecule has 0 saturated carbocycles. The molecule has 0 unspecified atom stereocenters. The molecule has 3 aromatic carbocycles. The Balaban J connectivity index is 1.57. The standard InChI is InChI=1S/C27H22FNO5/c28-20-9-6-18(7-10-20)24-23(25(30)19-8-11-21-22(16-19)34-15-14-33-21)26(31)27(32)29(24)13-12-17-4-2-1-3-5-17/h1-11,16,24,30H,12-15H2/b25-23+/t24-/m0/s1. The highest BCUT2D eigenvalue weighted by Gasteiger charge is 2.45. The molecule has 0 aliphatic carbocycles. The Labute approximate surface area is 195 Å². The van der Waals surface area contributed by atoms with Gasteiger partial charge in [-0.3, -0.25) is 9.59 Å². The number of nitrogens with zero attached hydrogens (tertiary/aromatic N) is 1. The molecule has 2 heterocycles. The molecule has 2 aliphatic heterocycles. The van der Waals surface area contributed by atoms with Gasteiger partial charge in [0.25, 0.3) is 11.7 Å². The molecule has 1 fully saturated rings. The van der Waals surface area contributed by atoms with Crippen molar-refractivity contribution in [2.75, 3.05) is 19.8 Å². The van der Waals surface area contributed by atoms with E-state index in [1.807, 2.05) is 30.3 Å². The zero-order valence-electron chi connectivity index (χ0n) is 18.2. The van der Waals surface area contributed by atoms with Crippen molar-refractivity contribution in [2.24, 2.45) is 0 Å². The maximum absolute atomic E-state index is 13.6. The number of rotatable bonds is 5. The van der Waals surface area contributed by atoms with Gasteiger partial charge >= 0.3 is 0 Å². The number of ketones is 1. The summed E-state index contributed by atoms with van der Waals surface area (Å²) in [5, 5.41) is 11.2. The van der Waals surface area contributed by atoms with Crippen LogP contribution in [0.3, 0.4) is 0 Å². The molecule has 7 heteroatoms. The van der Waals surface area contributed by atoms with E-state index in [4.69, 9.17) is 9.47 Å². The van der Waals surface area contributed by atoms with Crippen LogP contribution in [0, 0.1) is 5.82 Å². The Morgan fingerprint density at radius 1 is 0.941 bits per heavy atom. The second-order valence-electron chi connectivity index (χ2n) is 8.14. The van der Waals surface area contributed by atoms with Crippen LogP contribution in [0.1, 0.15) is 22.7 Å². The van der Waals surface area contributed by atoms with Gasteiger partial charge in [-0.25, -0.2) is 4.39 Å². The number of amides is 1. The van der Waals surface area contributed by atoms with E-state index >= 15 is 0 Å². The normalized spacial score (nSPS) is 18.9. The minimum atomic E-state index is -0.850. The van der Waals surface area contributed by atoms with Crippen LogP contribution in [-0.2, 0) is 16.0 Å². The Morgan fingerprint density at radius 2 is 1.65 bits per heavy atom. The van der Waals surface area contributed by atoms with Gasteiger partial charge in [-0.2, -0.15) is 0 Å². The molecule has 0 bridgehead atoms. The molecule has 1 amide bonds. The summed E-state index contributed by atoms with van der Waals surface area (Å²) < 4.78 is 24.8. The Bertz CT molecular complexity index is 1270. The van der Waals surface area contributed by atoms with Crippen molar-refractivity contribution in [1.82, 2.24) is 4.90 Å². The van der Waals surface area contributed by atoms with Crippen molar-refractivity contribution < 1.29 is 28.6 Å². The molecule has 2 aliphatic rings. The summed E-state index contributed by atoms with van der Waals surface area (Å²) in [4.78, 5) is 27.6. The van der Waals surface area contributed by atoms with Crippen molar-refractivity contribution in [3.8, 4) is 11.5 Å². The van der Waals surface area contributed by atoms with E-state index in [0.29, 0.717) is 42.3 Å². The number of aliphatic hydroxyl groups excluding tert-OH is 1. The summed E-state index contributed by atoms with van der Waals surface area (Å²) in [6.45, 7) is 1.06. The largest absolute Gasteiger partial charge is 0.507 e. The fourth-order valence-electron chi connectivity index (χ4n) is 4.34. The lowest BCUT2D eigenvalue weighted by Gasteiger charge is -2.25. The van der Waals surface area contributed by atoms with Crippen molar-refractivity contribution >= 4 is 17.4 Å². The minimum Gasteiger partial charge on any atom is -0.507 e. The van der Waals surface area contributed by atoms with E-state index in [0.717, 1.165) is 5.56 Å². The van der Waals surface area contributed by atoms with Gasteiger partial charge in [0.1, 0.15) is 24.8 Å². The monoisotopic (exact) mass is 459 g/mol. The summed E-state index contributed by atoms with van der Waals surface area (Å²) in [6, 6.07) is 19.2. The highest BCUT2D eigenvalue weighted by Crippen LogP contribution is 2.41. The van der Waals surface area contributed by atoms with Crippen LogP contribution in [0.2, 0.25) is 0 Å². The molecule has 3 aromatic rings. The number of carbonyl (C=O) groups is 2. The molecule has 1 N–H and O–H groups in total. The zero-order valence-corrected chi connectivity index (χ0v) is 18.2. The van der Waals surface area contributed by atoms with E-state index in [-0.39, 0.29) is 17.9 Å². The summed E-state index contributed by atoms with van der Waals surface area (Å²) in [6.07, 6.45) is 0.523. The zero-order chi connectivity index (χ0) is 23.7. The quantitative estimate of drug-likeness (QED) is 0.351. The van der Waals surface area contributed by atoms with E-state index < -0.39 is 23.5 Å². The van der Waals surface area contributed by atoms with Crippen LogP contribution in [0.4, 0.5) is 4.39 Å². The van der Waals surface area contributed by atoms with Gasteiger partial charge in [-0.1, -0.05) is 42.5 Å². The number of aliphatic hydroxyl groups is 1. The van der Waals surface area contributed by atoms with Crippen LogP contribution in [0.25, 0.3) is 5.76 Å². The third kappa shape index (κ3) is 4.01. The molecule has 34 heavy (non-hydrogen) atoms. The second kappa shape index (κ2) is 9.02. The SMILES string of the molecule is O=C1C(=O)N(CCc2ccccc2)[C@@H](c2ccc(F)cc2)/C1=C(\O)c1ccc2c(c1)OCCO2. The fraction of sp³-hybridized carbons (Fsp3) is 0.185. The first-order valence-corrected chi connectivity index (χ1v) is 11.0. The Morgan fingerprint density at radius 3 is 2.38 bits per heavy atom. The van der Waals surface area contributed by atoms with Gasteiger partial charge in [0, 0.05) is 12.1 Å². The molecule has 1 atom stereocenters. The van der Waals surface area contributed by atoms with Gasteiger partial charge < -0.3 is 19.5 Å². The van der Waals surface area contributed by atoms with Gasteiger partial charge in [-0.15, -0.1) is 0 Å². The van der Waals surface area contributed by atoms with Crippen molar-refractivity contribution in [3.05, 3.63) is 101 Å². The average molecular weight is 459 g/mol. The van der Waals surface area contributed by atoms with Crippen LogP contribution in [-0.4, -0.2) is 41.5 Å². The summed E-state index contributed by atoms with van der Waals surface area (Å²) in [5.41, 5.74) is 1.83. The number of Topliss-reactive ketones (excluding diaryl/α,β-unsaturated/α-hetero) is 1. The van der Waals surface area contributed by atoms with E-state index in [2.05, 4.69) is 0 Å². The number of halogens is 1. The number of ether oxygens (including phenoxy) is 2. The molecule has 6 nitrogen and oxygen atoms in total. The number of carbonyl (C=O) groups excluding carboxylic acids is 2. The molecule has 0 spiro atoms. The number of fused-ring (bicyclic) bond motifs is 1. The molecule has 172 valence electrons. The average Bonchev–Trinajstić information content (AvgIpc) is 3.12. The predicted molar refractivity (Wildman–Crippen MR) is 123 cm³/mol. The third-order valence-electron chi connectivity index (χ3n) is 6.03. The van der Waals surface area contributed by atoms with Gasteiger partial charge in [0.05, 0.1) is 11.6 Å². The van der Waals surface area contributed by atoms with E-state index in [1.165, 1.54) is 29.2 Å². The first-order valence-electron chi connectivity index (χ1n) is 11.0. The van der Waals surface area contributed by atoms with Crippen molar-refractivity contribution in [1.29, 1.82) is 0 Å². The lowest BCUT2D eigenvalue weighted by molar-refractivity contribution is -0.139. The van der Waals surface area contributed by atoms with E-state index in [9.17, 15) is 19.1 Å². The summed E-state index contributed by atoms with van der Waals surface area (Å²) in [5.74, 6) is -1.24. The molecular formula is C27H22FNO5. The number of hydrogen-bond donors (Lipinski definition) is 1. The summed E-state index contributed by atoms with van der Waals surface area (Å²) >= 11 is 0. The third-order valence-corrected chi connectivity index (χ3v) is 6.03. The summed E-state index contributed by atoms with van der Waals surface area (Å²) in [7, 11) is 0. The van der Waals surface area contributed by atoms with Crippen LogP contribution in [0.15, 0.2) is 78.4 Å². The van der Waals surface area contributed by atoms with Gasteiger partial charge in [0.15, 0.2) is 11.5 Å². The molecule has 1 saturated heterocycles. The Hall–Kier alpha value is -4.13. The van der Waals surface area contributed by atoms with Gasteiger partial charge in [0.2, 0.25) is 0 Å². The smallest absolute Gasteiger partial charge is 0.295 e. The second-order valence-corrected chi connectivity index (χ2v) is 8.14. The Kier molecular flexibility index (Phi) is 5.76. The maximum atomic E-state index is 13.6. The number of likely N-dealkylation sites (tertiary alicyclic amines) is 1. The molecular weight excluding hydrogens is 437 g/mol. The van der Waals surface area contributed by atoms with E-state index in [1.54, 1.807) is 18.2 Å². The molecule has 0 radical (unpaired) electrons. The predicted octanol–water partition coefficient (Wildman–Crippen LogP) is 4.26.